The van der Waals surface area contributed by atoms with Crippen molar-refractivity contribution in [2.45, 2.75) is 60.0 Å². The third-order valence-electron chi connectivity index (χ3n) is 4.62. The van der Waals surface area contributed by atoms with Gasteiger partial charge >= 0.3 is 0 Å². The van der Waals surface area contributed by atoms with Gasteiger partial charge in [-0.05, 0) is 10.8 Å². The molecular formula is C11H23B. The summed E-state index contributed by atoms with van der Waals surface area (Å²) in [6.45, 7) is 13.0. The molecule has 1 heterocycles. The summed E-state index contributed by atoms with van der Waals surface area (Å²) in [5, 5.41) is 0. The van der Waals surface area contributed by atoms with Crippen LogP contribution < -0.4 is 0 Å². The smallest absolute Gasteiger partial charge is 0.0860 e. The second kappa shape index (κ2) is 3.08. The molecule has 0 bridgehead atoms. The summed E-state index contributed by atoms with van der Waals surface area (Å²) in [5.41, 5.74) is 1.22. The average molecular weight is 166 g/mol. The minimum Gasteiger partial charge on any atom is -0.0860 e. The molecule has 0 radical (unpaired) electrons. The Labute approximate surface area is 78.2 Å². The maximum Gasteiger partial charge on any atom is 0.137 e. The van der Waals surface area contributed by atoms with Crippen molar-refractivity contribution in [3.63, 3.8) is 0 Å². The van der Waals surface area contributed by atoms with E-state index in [4.69, 9.17) is 0 Å². The molecule has 0 aliphatic carbocycles. The van der Waals surface area contributed by atoms with Crippen molar-refractivity contribution in [1.29, 1.82) is 0 Å². The molecule has 1 aliphatic rings. The zero-order valence-corrected chi connectivity index (χ0v) is 9.41. The van der Waals surface area contributed by atoms with Gasteiger partial charge in [0.2, 0.25) is 0 Å². The van der Waals surface area contributed by atoms with Gasteiger partial charge in [-0.15, -0.1) is 0 Å². The van der Waals surface area contributed by atoms with E-state index in [1.54, 1.807) is 0 Å². The van der Waals surface area contributed by atoms with Crippen molar-refractivity contribution in [1.82, 2.24) is 0 Å². The second-order valence-electron chi connectivity index (χ2n) is 5.34. The molecule has 12 heavy (non-hydrogen) atoms. The summed E-state index contributed by atoms with van der Waals surface area (Å²) < 4.78 is 0. The van der Waals surface area contributed by atoms with Gasteiger partial charge in [-0.1, -0.05) is 60.0 Å². The Kier molecular flexibility index (Phi) is 2.61. The minimum absolute atomic E-state index is 0.612. The van der Waals surface area contributed by atoms with E-state index in [9.17, 15) is 0 Å². The maximum absolute atomic E-state index is 2.49. The Morgan fingerprint density at radius 1 is 1.00 bits per heavy atom. The van der Waals surface area contributed by atoms with Gasteiger partial charge in [-0.25, -0.2) is 0 Å². The summed E-state index contributed by atoms with van der Waals surface area (Å²) in [5.74, 6) is 0. The van der Waals surface area contributed by atoms with E-state index in [-0.39, 0.29) is 0 Å². The van der Waals surface area contributed by atoms with Gasteiger partial charge in [0, 0.05) is 0 Å². The topological polar surface area (TPSA) is 0 Å². The van der Waals surface area contributed by atoms with Crippen LogP contribution >= 0.6 is 0 Å². The van der Waals surface area contributed by atoms with Crippen LogP contribution in [0.2, 0.25) is 19.5 Å². The Hall–Kier alpha value is 0.0649. The van der Waals surface area contributed by atoms with Crippen LogP contribution in [0.25, 0.3) is 0 Å². The average Bonchev–Trinajstić information content (AvgIpc) is 2.25. The van der Waals surface area contributed by atoms with Gasteiger partial charge < -0.3 is 0 Å². The van der Waals surface area contributed by atoms with Crippen LogP contribution in [-0.2, 0) is 0 Å². The van der Waals surface area contributed by atoms with Crippen LogP contribution in [0.4, 0.5) is 0 Å². The Morgan fingerprint density at radius 2 is 1.33 bits per heavy atom. The highest BCUT2D eigenvalue weighted by atomic mass is 14.5. The third-order valence-corrected chi connectivity index (χ3v) is 4.62. The first-order valence-corrected chi connectivity index (χ1v) is 5.47. The SMILES string of the molecule is CCC1(C)CB(C)CC1(C)CC. The largest absolute Gasteiger partial charge is 0.137 e. The van der Waals surface area contributed by atoms with Gasteiger partial charge in [-0.2, -0.15) is 0 Å². The van der Waals surface area contributed by atoms with Crippen LogP contribution in [0.5, 0.6) is 0 Å². The van der Waals surface area contributed by atoms with E-state index in [0.29, 0.717) is 10.8 Å². The van der Waals surface area contributed by atoms with Crippen molar-refractivity contribution < 1.29 is 0 Å². The van der Waals surface area contributed by atoms with Crippen molar-refractivity contribution in [3.8, 4) is 0 Å². The molecule has 2 atom stereocenters. The van der Waals surface area contributed by atoms with E-state index in [1.807, 2.05) is 0 Å². The Balaban J connectivity index is 2.85. The van der Waals surface area contributed by atoms with Crippen molar-refractivity contribution in [2.24, 2.45) is 10.8 Å². The molecular weight excluding hydrogens is 143 g/mol. The van der Waals surface area contributed by atoms with Gasteiger partial charge in [-0.3, -0.25) is 0 Å². The Bertz CT molecular complexity index is 148. The highest BCUT2D eigenvalue weighted by molar-refractivity contribution is 6.58. The predicted octanol–water partition coefficient (Wildman–Crippen LogP) is 3.96. The lowest BCUT2D eigenvalue weighted by Gasteiger charge is -2.41. The third kappa shape index (κ3) is 1.32. The van der Waals surface area contributed by atoms with E-state index in [1.165, 1.54) is 25.5 Å². The summed E-state index contributed by atoms with van der Waals surface area (Å²) in [4.78, 5) is 0. The van der Waals surface area contributed by atoms with Crippen LogP contribution in [0, 0.1) is 10.8 Å². The molecule has 0 amide bonds. The Morgan fingerprint density at radius 3 is 1.58 bits per heavy atom. The molecule has 0 N–H and O–H groups in total. The first kappa shape index (κ1) is 10.1. The lowest BCUT2D eigenvalue weighted by atomic mass is 9.49. The lowest BCUT2D eigenvalue weighted by Crippen LogP contribution is -2.30. The zero-order chi connectivity index (χ0) is 9.41. The molecule has 0 aromatic heterocycles. The fraction of sp³-hybridized carbons (Fsp3) is 1.00. The fourth-order valence-electron chi connectivity index (χ4n) is 3.25. The van der Waals surface area contributed by atoms with Crippen LogP contribution in [0.15, 0.2) is 0 Å². The normalized spacial score (nSPS) is 42.2. The predicted molar refractivity (Wildman–Crippen MR) is 58.0 cm³/mol. The monoisotopic (exact) mass is 166 g/mol. The van der Waals surface area contributed by atoms with Crippen molar-refractivity contribution in [2.75, 3.05) is 0 Å². The van der Waals surface area contributed by atoms with E-state index >= 15 is 0 Å². The highest BCUT2D eigenvalue weighted by Crippen LogP contribution is 2.57. The number of rotatable bonds is 2. The fourth-order valence-corrected chi connectivity index (χ4v) is 3.25. The van der Waals surface area contributed by atoms with Gasteiger partial charge in [0.25, 0.3) is 0 Å². The van der Waals surface area contributed by atoms with Gasteiger partial charge in [0.15, 0.2) is 0 Å². The molecule has 1 saturated heterocycles. The van der Waals surface area contributed by atoms with Crippen LogP contribution in [-0.4, -0.2) is 6.71 Å². The van der Waals surface area contributed by atoms with E-state index < -0.39 is 0 Å². The molecule has 0 aromatic carbocycles. The lowest BCUT2D eigenvalue weighted by molar-refractivity contribution is 0.119. The maximum atomic E-state index is 2.49. The van der Waals surface area contributed by atoms with Crippen molar-refractivity contribution >= 4 is 6.71 Å². The molecule has 0 saturated carbocycles. The van der Waals surface area contributed by atoms with E-state index in [0.717, 1.165) is 6.71 Å². The highest BCUT2D eigenvalue weighted by Gasteiger charge is 2.49. The molecule has 1 aliphatic heterocycles. The van der Waals surface area contributed by atoms with Crippen molar-refractivity contribution in [3.05, 3.63) is 0 Å². The molecule has 2 unspecified atom stereocenters. The quantitative estimate of drug-likeness (QED) is 0.544. The summed E-state index contributed by atoms with van der Waals surface area (Å²) in [7, 11) is 0. The first-order valence-electron chi connectivity index (χ1n) is 5.47. The van der Waals surface area contributed by atoms with Crippen LogP contribution in [0.1, 0.15) is 40.5 Å². The zero-order valence-electron chi connectivity index (χ0n) is 9.41. The molecule has 0 aromatic rings. The molecule has 70 valence electrons. The molecule has 0 spiro atoms. The van der Waals surface area contributed by atoms with Gasteiger partial charge in [0.1, 0.15) is 6.71 Å². The summed E-state index contributed by atoms with van der Waals surface area (Å²) in [6, 6.07) is 0. The summed E-state index contributed by atoms with van der Waals surface area (Å²) >= 11 is 0. The standard InChI is InChI=1S/C11H23B/c1-6-10(3)8-12(5)9-11(10,4)7-2/h6-9H2,1-5H3. The number of hydrogen-bond donors (Lipinski definition) is 0. The van der Waals surface area contributed by atoms with Gasteiger partial charge in [0.05, 0.1) is 0 Å². The molecule has 1 rings (SSSR count). The minimum atomic E-state index is 0.612. The summed E-state index contributed by atoms with van der Waals surface area (Å²) in [6.07, 6.45) is 5.57. The first-order chi connectivity index (χ1) is 5.47. The van der Waals surface area contributed by atoms with E-state index in [2.05, 4.69) is 34.5 Å². The molecule has 1 fully saturated rings. The second-order valence-corrected chi connectivity index (χ2v) is 5.34. The molecule has 0 nitrogen and oxygen atoms in total. The van der Waals surface area contributed by atoms with Crippen LogP contribution in [0.3, 0.4) is 0 Å². The molecule has 1 heteroatoms. The number of hydrogen-bond acceptors (Lipinski definition) is 0.